The number of nitrogens with one attached hydrogen (secondary N) is 1. The Morgan fingerprint density at radius 3 is 2.78 bits per heavy atom. The van der Waals surface area contributed by atoms with E-state index in [9.17, 15) is 9.59 Å². The van der Waals surface area contributed by atoms with Gasteiger partial charge in [0.05, 0.1) is 6.67 Å². The topological polar surface area (TPSA) is 61.9 Å². The molecule has 2 atom stereocenters. The summed E-state index contributed by atoms with van der Waals surface area (Å²) in [5, 5.41) is 3.06. The zero-order valence-corrected chi connectivity index (χ0v) is 16.5. The molecule has 1 aromatic rings. The van der Waals surface area contributed by atoms with Crippen molar-refractivity contribution in [3.8, 4) is 5.75 Å². The van der Waals surface area contributed by atoms with Crippen LogP contribution in [-0.4, -0.2) is 47.1 Å². The van der Waals surface area contributed by atoms with Gasteiger partial charge in [0.1, 0.15) is 17.9 Å². The van der Waals surface area contributed by atoms with E-state index < -0.39 is 5.54 Å². The molecular formula is C21H29N3O3. The third-order valence-electron chi connectivity index (χ3n) is 6.00. The van der Waals surface area contributed by atoms with Crippen LogP contribution in [0.4, 0.5) is 4.79 Å². The van der Waals surface area contributed by atoms with Crippen molar-refractivity contribution in [2.45, 2.75) is 52.1 Å². The summed E-state index contributed by atoms with van der Waals surface area (Å²) >= 11 is 0. The fourth-order valence-corrected chi connectivity index (χ4v) is 5.34. The van der Waals surface area contributed by atoms with Crippen molar-refractivity contribution in [1.29, 1.82) is 0 Å². The number of fused-ring (bicyclic) bond motifs is 1. The lowest BCUT2D eigenvalue weighted by Gasteiger charge is -2.44. The van der Waals surface area contributed by atoms with Crippen LogP contribution in [0.2, 0.25) is 0 Å². The smallest absolute Gasteiger partial charge is 0.326 e. The number of urea groups is 1. The fourth-order valence-electron chi connectivity index (χ4n) is 5.34. The summed E-state index contributed by atoms with van der Waals surface area (Å²) in [5.74, 6) is 1.23. The van der Waals surface area contributed by atoms with Gasteiger partial charge in [-0.1, -0.05) is 39.0 Å². The molecule has 0 bridgehead atoms. The average molecular weight is 371 g/mol. The van der Waals surface area contributed by atoms with Crippen LogP contribution in [0.1, 0.15) is 45.6 Å². The van der Waals surface area contributed by atoms with E-state index in [1.807, 2.05) is 24.3 Å². The van der Waals surface area contributed by atoms with Gasteiger partial charge in [0.25, 0.3) is 5.91 Å². The van der Waals surface area contributed by atoms with E-state index in [0.29, 0.717) is 38.7 Å². The van der Waals surface area contributed by atoms with Gasteiger partial charge in [0, 0.05) is 18.7 Å². The van der Waals surface area contributed by atoms with Crippen molar-refractivity contribution in [2.24, 2.45) is 11.3 Å². The standard InChI is InChI=1S/C21H29N3O3/c1-15-10-20(2,3)13-21(11-15)18(25)24(19(26)22-21)14-23-8-9-27-17-7-5-4-6-16(17)12-23/h4-7,15H,8-14H2,1-3H3,(H,22,26). The van der Waals surface area contributed by atoms with E-state index in [4.69, 9.17) is 4.74 Å². The summed E-state index contributed by atoms with van der Waals surface area (Å²) in [5.41, 5.74) is 0.397. The van der Waals surface area contributed by atoms with Crippen LogP contribution in [0.25, 0.3) is 0 Å². The summed E-state index contributed by atoms with van der Waals surface area (Å²) in [6.45, 7) is 8.76. The normalized spacial score (nSPS) is 30.6. The summed E-state index contributed by atoms with van der Waals surface area (Å²) in [6.07, 6.45) is 2.51. The number of rotatable bonds is 2. The Morgan fingerprint density at radius 2 is 2.00 bits per heavy atom. The molecular weight excluding hydrogens is 342 g/mol. The minimum absolute atomic E-state index is 0.0476. The predicted molar refractivity (Wildman–Crippen MR) is 102 cm³/mol. The molecule has 3 aliphatic rings. The summed E-state index contributed by atoms with van der Waals surface area (Å²) in [6, 6.07) is 7.68. The van der Waals surface area contributed by atoms with Crippen LogP contribution in [0.3, 0.4) is 0 Å². The molecule has 0 radical (unpaired) electrons. The maximum atomic E-state index is 13.3. The molecule has 1 aliphatic carbocycles. The zero-order chi connectivity index (χ0) is 19.2. The van der Waals surface area contributed by atoms with Crippen molar-refractivity contribution >= 4 is 11.9 Å². The molecule has 1 N–H and O–H groups in total. The SMILES string of the molecule is CC1CC(C)(C)CC2(C1)NC(=O)N(CN1CCOc3ccccc3C1)C2=O. The Balaban J connectivity index is 1.52. The first-order valence-corrected chi connectivity index (χ1v) is 9.85. The van der Waals surface area contributed by atoms with Crippen molar-refractivity contribution in [3.63, 3.8) is 0 Å². The molecule has 2 aliphatic heterocycles. The van der Waals surface area contributed by atoms with Gasteiger partial charge >= 0.3 is 6.03 Å². The number of carbonyl (C=O) groups excluding carboxylic acids is 2. The maximum absolute atomic E-state index is 13.3. The molecule has 0 aromatic heterocycles. The van der Waals surface area contributed by atoms with Crippen molar-refractivity contribution in [1.82, 2.24) is 15.1 Å². The largest absolute Gasteiger partial charge is 0.492 e. The van der Waals surface area contributed by atoms with Gasteiger partial charge in [0.15, 0.2) is 0 Å². The number of ether oxygens (including phenoxy) is 1. The molecule has 146 valence electrons. The molecule has 2 fully saturated rings. The summed E-state index contributed by atoms with van der Waals surface area (Å²) in [4.78, 5) is 29.5. The molecule has 27 heavy (non-hydrogen) atoms. The third kappa shape index (κ3) is 3.43. The molecule has 1 saturated carbocycles. The van der Waals surface area contributed by atoms with E-state index in [-0.39, 0.29) is 17.4 Å². The highest BCUT2D eigenvalue weighted by Gasteiger charge is 2.56. The second-order valence-corrected chi connectivity index (χ2v) is 9.25. The van der Waals surface area contributed by atoms with Gasteiger partial charge in [-0.25, -0.2) is 9.69 Å². The highest BCUT2D eigenvalue weighted by Crippen LogP contribution is 2.46. The molecule has 2 heterocycles. The molecule has 1 aromatic carbocycles. The number of imide groups is 1. The monoisotopic (exact) mass is 371 g/mol. The Labute approximate surface area is 160 Å². The number of carbonyl (C=O) groups is 2. The first-order chi connectivity index (χ1) is 12.8. The Hall–Kier alpha value is -2.08. The third-order valence-corrected chi connectivity index (χ3v) is 6.00. The minimum atomic E-state index is -0.738. The first-order valence-electron chi connectivity index (χ1n) is 9.85. The Morgan fingerprint density at radius 1 is 1.22 bits per heavy atom. The molecule has 4 rings (SSSR count). The molecule has 1 saturated heterocycles. The van der Waals surface area contributed by atoms with Gasteiger partial charge in [-0.2, -0.15) is 0 Å². The van der Waals surface area contributed by atoms with Crippen LogP contribution in [-0.2, 0) is 11.3 Å². The summed E-state index contributed by atoms with van der Waals surface area (Å²) < 4.78 is 5.80. The fraction of sp³-hybridized carbons (Fsp3) is 0.619. The van der Waals surface area contributed by atoms with Gasteiger partial charge in [-0.05, 0) is 36.7 Å². The predicted octanol–water partition coefficient (Wildman–Crippen LogP) is 2.98. The Bertz CT molecular complexity index is 763. The lowest BCUT2D eigenvalue weighted by Crippen LogP contribution is -2.54. The summed E-state index contributed by atoms with van der Waals surface area (Å²) in [7, 11) is 0. The number of nitrogens with zero attached hydrogens (tertiary/aromatic N) is 2. The van der Waals surface area contributed by atoms with E-state index in [1.165, 1.54) is 4.90 Å². The second kappa shape index (κ2) is 6.51. The quantitative estimate of drug-likeness (QED) is 0.812. The lowest BCUT2D eigenvalue weighted by atomic mass is 9.64. The minimum Gasteiger partial charge on any atom is -0.492 e. The van der Waals surface area contributed by atoms with E-state index in [1.54, 1.807) is 0 Å². The lowest BCUT2D eigenvalue weighted by molar-refractivity contribution is -0.136. The average Bonchev–Trinajstić information content (AvgIpc) is 2.74. The van der Waals surface area contributed by atoms with Gasteiger partial charge in [-0.15, -0.1) is 0 Å². The molecule has 3 amide bonds. The number of hydrogen-bond donors (Lipinski definition) is 1. The molecule has 2 unspecified atom stereocenters. The van der Waals surface area contributed by atoms with Gasteiger partial charge in [-0.3, -0.25) is 9.69 Å². The number of amides is 3. The number of hydrogen-bond acceptors (Lipinski definition) is 4. The maximum Gasteiger partial charge on any atom is 0.326 e. The van der Waals surface area contributed by atoms with Crippen LogP contribution in [0.15, 0.2) is 24.3 Å². The van der Waals surface area contributed by atoms with Gasteiger partial charge in [0.2, 0.25) is 0 Å². The van der Waals surface area contributed by atoms with Crippen molar-refractivity contribution < 1.29 is 14.3 Å². The van der Waals surface area contributed by atoms with Crippen LogP contribution in [0, 0.1) is 11.3 Å². The van der Waals surface area contributed by atoms with Gasteiger partial charge < -0.3 is 10.1 Å². The molecule has 1 spiro atoms. The number of benzene rings is 1. The molecule has 6 nitrogen and oxygen atoms in total. The number of para-hydroxylation sites is 1. The van der Waals surface area contributed by atoms with E-state index >= 15 is 0 Å². The highest BCUT2D eigenvalue weighted by molar-refractivity contribution is 6.07. The van der Waals surface area contributed by atoms with Crippen LogP contribution in [0.5, 0.6) is 5.75 Å². The van der Waals surface area contributed by atoms with Crippen molar-refractivity contribution in [3.05, 3.63) is 29.8 Å². The van der Waals surface area contributed by atoms with Crippen molar-refractivity contribution in [2.75, 3.05) is 19.8 Å². The second-order valence-electron chi connectivity index (χ2n) is 9.25. The van der Waals surface area contributed by atoms with Crippen LogP contribution < -0.4 is 10.1 Å². The highest BCUT2D eigenvalue weighted by atomic mass is 16.5. The van der Waals surface area contributed by atoms with E-state index in [2.05, 4.69) is 31.0 Å². The Kier molecular flexibility index (Phi) is 4.41. The first kappa shape index (κ1) is 18.3. The zero-order valence-electron chi connectivity index (χ0n) is 16.5. The van der Waals surface area contributed by atoms with E-state index in [0.717, 1.165) is 24.2 Å². The molecule has 6 heteroatoms. The van der Waals surface area contributed by atoms with Crippen LogP contribution >= 0.6 is 0 Å².